The van der Waals surface area contributed by atoms with Crippen LogP contribution in [0.15, 0.2) is 16.5 Å². The van der Waals surface area contributed by atoms with Crippen LogP contribution in [-0.4, -0.2) is 27.1 Å². The van der Waals surface area contributed by atoms with Crippen LogP contribution in [0.3, 0.4) is 0 Å². The van der Waals surface area contributed by atoms with Crippen LogP contribution in [0.4, 0.5) is 5.88 Å². The summed E-state index contributed by atoms with van der Waals surface area (Å²) in [5, 5.41) is 27.2. The maximum Gasteiger partial charge on any atom is 0.433 e. The van der Waals surface area contributed by atoms with Gasteiger partial charge in [-0.15, -0.1) is 0 Å². The van der Waals surface area contributed by atoms with Crippen LogP contribution in [0.2, 0.25) is 0 Å². The second-order valence-corrected chi connectivity index (χ2v) is 5.73. The van der Waals surface area contributed by atoms with Crippen molar-refractivity contribution in [2.24, 2.45) is 5.92 Å². The summed E-state index contributed by atoms with van der Waals surface area (Å²) in [7, 11) is 0. The van der Waals surface area contributed by atoms with Gasteiger partial charge in [0.15, 0.2) is 0 Å². The first kappa shape index (κ1) is 22.6. The minimum atomic E-state index is -1.32. The molecule has 0 saturated carbocycles. The number of rotatable bonds is 11. The van der Waals surface area contributed by atoms with Gasteiger partial charge in [0.1, 0.15) is 4.92 Å². The van der Waals surface area contributed by atoms with Crippen LogP contribution in [-0.2, 0) is 4.79 Å². The molecule has 0 amide bonds. The Balaban J connectivity index is 0.000000472. The van der Waals surface area contributed by atoms with Gasteiger partial charge in [-0.2, -0.15) is 0 Å². The lowest BCUT2D eigenvalue weighted by Gasteiger charge is -2.10. The Hall–Kier alpha value is -2.38. The first-order valence-corrected chi connectivity index (χ1v) is 8.53. The van der Waals surface area contributed by atoms with Gasteiger partial charge in [-0.05, 0) is 18.9 Å². The zero-order valence-electron chi connectivity index (χ0n) is 14.8. The van der Waals surface area contributed by atoms with E-state index in [1.165, 1.54) is 19.3 Å². The highest BCUT2D eigenvalue weighted by Gasteiger charge is 2.16. The minimum Gasteiger partial charge on any atom is -0.481 e. The number of unbranched alkanes of at least 4 members (excludes halogenated alkanes) is 4. The number of hydrogen-bond donors (Lipinski definition) is 2. The molecule has 0 bridgehead atoms. The van der Waals surface area contributed by atoms with Crippen LogP contribution in [0, 0.1) is 16.0 Å². The fourth-order valence-corrected chi connectivity index (χ4v) is 2.20. The van der Waals surface area contributed by atoms with Crippen molar-refractivity contribution in [3.8, 4) is 0 Å². The van der Waals surface area contributed by atoms with E-state index in [-0.39, 0.29) is 5.92 Å². The number of nitro groups is 1. The Kier molecular flexibility index (Phi) is 11.7. The van der Waals surface area contributed by atoms with Crippen LogP contribution < -0.4 is 0 Å². The average molecular weight is 357 g/mol. The molecule has 0 aliphatic rings. The highest BCUT2D eigenvalue weighted by molar-refractivity contribution is 5.84. The molecule has 25 heavy (non-hydrogen) atoms. The molecular formula is C17H27NO7. The Morgan fingerprint density at radius 2 is 1.68 bits per heavy atom. The van der Waals surface area contributed by atoms with Crippen molar-refractivity contribution < 1.29 is 29.1 Å². The third-order valence-corrected chi connectivity index (χ3v) is 3.64. The van der Waals surface area contributed by atoms with Crippen LogP contribution in [0.25, 0.3) is 0 Å². The molecule has 0 aromatic carbocycles. The van der Waals surface area contributed by atoms with E-state index in [1.54, 1.807) is 0 Å². The number of furan rings is 1. The first-order valence-electron chi connectivity index (χ1n) is 8.53. The second-order valence-electron chi connectivity index (χ2n) is 5.73. The number of hydrogen-bond acceptors (Lipinski definition) is 5. The monoisotopic (exact) mass is 357 g/mol. The molecule has 8 heteroatoms. The van der Waals surface area contributed by atoms with Crippen molar-refractivity contribution >= 4 is 17.8 Å². The van der Waals surface area contributed by atoms with E-state index >= 15 is 0 Å². The molecule has 0 aliphatic heterocycles. The summed E-state index contributed by atoms with van der Waals surface area (Å²) in [5.41, 5.74) is 0. The highest BCUT2D eigenvalue weighted by Crippen LogP contribution is 2.17. The van der Waals surface area contributed by atoms with Gasteiger partial charge in [0.2, 0.25) is 5.76 Å². The van der Waals surface area contributed by atoms with E-state index in [1.807, 2.05) is 0 Å². The molecular weight excluding hydrogens is 330 g/mol. The highest BCUT2D eigenvalue weighted by atomic mass is 16.6. The molecule has 0 saturated heterocycles. The second kappa shape index (κ2) is 13.0. The third-order valence-electron chi connectivity index (χ3n) is 3.64. The number of carbonyl (C=O) groups is 2. The van der Waals surface area contributed by atoms with E-state index < -0.39 is 28.5 Å². The van der Waals surface area contributed by atoms with Crippen molar-refractivity contribution in [3.63, 3.8) is 0 Å². The molecule has 1 unspecified atom stereocenters. The van der Waals surface area contributed by atoms with Gasteiger partial charge in [-0.1, -0.05) is 52.4 Å². The van der Waals surface area contributed by atoms with E-state index in [0.29, 0.717) is 0 Å². The largest absolute Gasteiger partial charge is 0.481 e. The van der Waals surface area contributed by atoms with Crippen molar-refractivity contribution in [1.82, 2.24) is 0 Å². The smallest absolute Gasteiger partial charge is 0.433 e. The van der Waals surface area contributed by atoms with Gasteiger partial charge in [0, 0.05) is 0 Å². The summed E-state index contributed by atoms with van der Waals surface area (Å²) in [5.74, 6) is -3.01. The summed E-state index contributed by atoms with van der Waals surface area (Å²) in [6.45, 7) is 4.28. The van der Waals surface area contributed by atoms with E-state index in [0.717, 1.165) is 44.2 Å². The van der Waals surface area contributed by atoms with Crippen LogP contribution >= 0.6 is 0 Å². The lowest BCUT2D eigenvalue weighted by Crippen LogP contribution is -2.13. The summed E-state index contributed by atoms with van der Waals surface area (Å²) in [6.07, 6.45) is 8.59. The summed E-state index contributed by atoms with van der Waals surface area (Å²) < 4.78 is 4.31. The van der Waals surface area contributed by atoms with Crippen LogP contribution in [0.1, 0.15) is 75.8 Å². The van der Waals surface area contributed by atoms with Gasteiger partial charge in [-0.25, -0.2) is 4.79 Å². The molecule has 1 aromatic rings. The third kappa shape index (κ3) is 10.2. The van der Waals surface area contributed by atoms with Crippen LogP contribution in [0.5, 0.6) is 0 Å². The number of carboxylic acids is 2. The molecule has 1 atom stereocenters. The molecule has 0 aliphatic carbocycles. The Morgan fingerprint density at radius 3 is 2.08 bits per heavy atom. The summed E-state index contributed by atoms with van der Waals surface area (Å²) in [6, 6.07) is 2.02. The first-order chi connectivity index (χ1) is 11.8. The predicted molar refractivity (Wildman–Crippen MR) is 91.7 cm³/mol. The Morgan fingerprint density at radius 1 is 1.08 bits per heavy atom. The maximum absolute atomic E-state index is 10.9. The maximum atomic E-state index is 10.9. The molecule has 0 spiro atoms. The lowest BCUT2D eigenvalue weighted by atomic mass is 9.95. The van der Waals surface area contributed by atoms with Crippen molar-refractivity contribution in [2.45, 2.75) is 65.2 Å². The van der Waals surface area contributed by atoms with Gasteiger partial charge < -0.3 is 14.6 Å². The summed E-state index contributed by atoms with van der Waals surface area (Å²) in [4.78, 5) is 30.1. The molecule has 2 N–H and O–H groups in total. The topological polar surface area (TPSA) is 131 Å². The number of aliphatic carboxylic acids is 1. The summed E-state index contributed by atoms with van der Waals surface area (Å²) >= 11 is 0. The molecule has 0 radical (unpaired) electrons. The van der Waals surface area contributed by atoms with Gasteiger partial charge in [0.25, 0.3) is 0 Å². The van der Waals surface area contributed by atoms with E-state index in [9.17, 15) is 19.7 Å². The molecule has 8 nitrogen and oxygen atoms in total. The molecule has 142 valence electrons. The standard InChI is InChI=1S/C12H24O2.C5H3NO5/c1-3-5-7-8-10-11(12(13)14)9-6-4-2;7-5(8)3-1-2-4(11-3)6(9)10/h11H,3-10H2,1-2H3,(H,13,14);1-2H,(H,7,8). The lowest BCUT2D eigenvalue weighted by molar-refractivity contribution is -0.402. The zero-order valence-corrected chi connectivity index (χ0v) is 14.8. The SMILES string of the molecule is CCCCCCC(CCCC)C(=O)O.O=C(O)c1ccc([N+](=O)[O-])o1. The molecule has 1 heterocycles. The Labute approximate surface area is 147 Å². The van der Waals surface area contributed by atoms with Crippen molar-refractivity contribution in [2.75, 3.05) is 0 Å². The van der Waals surface area contributed by atoms with E-state index in [2.05, 4.69) is 18.3 Å². The zero-order chi connectivity index (χ0) is 19.2. The fraction of sp³-hybridized carbons (Fsp3) is 0.647. The van der Waals surface area contributed by atoms with E-state index in [4.69, 9.17) is 10.2 Å². The van der Waals surface area contributed by atoms with Gasteiger partial charge in [-0.3, -0.25) is 14.9 Å². The van der Waals surface area contributed by atoms with Gasteiger partial charge in [0.05, 0.1) is 12.0 Å². The number of nitrogens with zero attached hydrogens (tertiary/aromatic N) is 1. The van der Waals surface area contributed by atoms with Crippen molar-refractivity contribution in [3.05, 3.63) is 28.0 Å². The predicted octanol–water partition coefficient (Wildman–Crippen LogP) is 4.73. The van der Waals surface area contributed by atoms with Gasteiger partial charge >= 0.3 is 17.8 Å². The molecule has 1 aromatic heterocycles. The Bertz CT molecular complexity index is 510. The minimum absolute atomic E-state index is 0.0909. The molecule has 0 fully saturated rings. The number of carboxylic acid groups (broad SMARTS) is 2. The quantitative estimate of drug-likeness (QED) is 0.332. The average Bonchev–Trinajstić information content (AvgIpc) is 3.05. The number of aromatic carboxylic acids is 1. The normalized spacial score (nSPS) is 11.3. The van der Waals surface area contributed by atoms with Crippen molar-refractivity contribution in [1.29, 1.82) is 0 Å². The molecule has 1 rings (SSSR count). The fourth-order valence-electron chi connectivity index (χ4n) is 2.20.